The lowest BCUT2D eigenvalue weighted by Gasteiger charge is -2.12. The van der Waals surface area contributed by atoms with Gasteiger partial charge in [-0.1, -0.05) is 64.5 Å². The Balaban J connectivity index is 1.39. The van der Waals surface area contributed by atoms with E-state index in [4.69, 9.17) is 9.47 Å². The molecule has 4 aromatic rings. The van der Waals surface area contributed by atoms with Crippen LogP contribution < -0.4 is 14.9 Å². The zero-order chi connectivity index (χ0) is 25.3. The van der Waals surface area contributed by atoms with Gasteiger partial charge >= 0.3 is 0 Å². The van der Waals surface area contributed by atoms with E-state index in [2.05, 4.69) is 39.4 Å². The molecule has 1 amide bonds. The van der Waals surface area contributed by atoms with Gasteiger partial charge in [-0.2, -0.15) is 5.10 Å². The summed E-state index contributed by atoms with van der Waals surface area (Å²) in [6, 6.07) is 26.1. The van der Waals surface area contributed by atoms with Crippen LogP contribution in [0, 0.1) is 6.92 Å². The van der Waals surface area contributed by atoms with E-state index >= 15 is 0 Å². The highest BCUT2D eigenvalue weighted by Crippen LogP contribution is 2.27. The summed E-state index contributed by atoms with van der Waals surface area (Å²) in [5, 5.41) is 6.35. The van der Waals surface area contributed by atoms with E-state index in [1.807, 2.05) is 72.8 Å². The molecule has 5 nitrogen and oxygen atoms in total. The molecule has 0 saturated carbocycles. The third-order valence-corrected chi connectivity index (χ3v) is 6.55. The average molecular weight is 545 g/mol. The Kier molecular flexibility index (Phi) is 8.74. The van der Waals surface area contributed by atoms with Gasteiger partial charge in [-0.05, 0) is 77.6 Å². The maximum absolute atomic E-state index is 12.4. The van der Waals surface area contributed by atoms with Gasteiger partial charge in [-0.25, -0.2) is 5.43 Å². The summed E-state index contributed by atoms with van der Waals surface area (Å²) in [6.07, 6.45) is 3.63. The number of amides is 1. The molecule has 0 aromatic heterocycles. The number of fused-ring (bicyclic) bond motifs is 1. The summed E-state index contributed by atoms with van der Waals surface area (Å²) in [6.45, 7) is 2.49. The predicted octanol–water partition coefficient (Wildman–Crippen LogP) is 6.97. The van der Waals surface area contributed by atoms with Gasteiger partial charge in [0.25, 0.3) is 0 Å². The molecular weight excluding hydrogens is 516 g/mol. The Morgan fingerprint density at radius 1 is 1.03 bits per heavy atom. The second kappa shape index (κ2) is 12.4. The fraction of sp³-hybridized carbons (Fsp3) is 0.200. The van der Waals surface area contributed by atoms with Crippen molar-refractivity contribution in [2.75, 3.05) is 7.11 Å². The van der Waals surface area contributed by atoms with E-state index in [1.165, 1.54) is 11.1 Å². The molecule has 0 atom stereocenters. The van der Waals surface area contributed by atoms with Crippen LogP contribution in [0.5, 0.6) is 11.5 Å². The number of carbonyl (C=O) groups excluding carboxylic acids is 1. The Morgan fingerprint density at radius 3 is 2.61 bits per heavy atom. The normalized spacial score (nSPS) is 11.1. The van der Waals surface area contributed by atoms with Gasteiger partial charge in [0.2, 0.25) is 5.91 Å². The van der Waals surface area contributed by atoms with Gasteiger partial charge in [-0.15, -0.1) is 0 Å². The second-order valence-corrected chi connectivity index (χ2v) is 9.47. The predicted molar refractivity (Wildman–Crippen MR) is 149 cm³/mol. The van der Waals surface area contributed by atoms with E-state index in [0.717, 1.165) is 45.0 Å². The van der Waals surface area contributed by atoms with Gasteiger partial charge in [0, 0.05) is 16.5 Å². The number of hydrazone groups is 1. The molecule has 184 valence electrons. The van der Waals surface area contributed by atoms with Crippen LogP contribution in [0.15, 0.2) is 88.4 Å². The average Bonchev–Trinajstić information content (AvgIpc) is 2.89. The van der Waals surface area contributed by atoms with E-state index in [-0.39, 0.29) is 5.91 Å². The van der Waals surface area contributed by atoms with Crippen LogP contribution in [0.3, 0.4) is 0 Å². The summed E-state index contributed by atoms with van der Waals surface area (Å²) >= 11 is 3.46. The summed E-state index contributed by atoms with van der Waals surface area (Å²) in [4.78, 5) is 12.4. The molecule has 0 fully saturated rings. The number of ether oxygens (including phenoxy) is 2. The standard InChI is InChI=1S/C30H29BrN2O3/c1-21-18-26(35-2)16-12-23(21)7-5-9-30(34)33-32-19-28-27-8-4-3-6-24(27)13-17-29(28)36-20-22-10-14-25(31)15-11-22/h3-4,6,8,10-19H,5,7,9,20H2,1-2H3,(H,33,34)/b32-19-. The van der Waals surface area contributed by atoms with E-state index in [1.54, 1.807) is 13.3 Å². The highest BCUT2D eigenvalue weighted by atomic mass is 79.9. The third kappa shape index (κ3) is 6.73. The number of hydrogen-bond acceptors (Lipinski definition) is 4. The molecule has 0 radical (unpaired) electrons. The molecule has 1 N–H and O–H groups in total. The molecule has 0 saturated heterocycles. The smallest absolute Gasteiger partial charge is 0.240 e. The van der Waals surface area contributed by atoms with Crippen LogP contribution in [-0.4, -0.2) is 19.2 Å². The fourth-order valence-electron chi connectivity index (χ4n) is 4.02. The van der Waals surface area contributed by atoms with E-state index in [0.29, 0.717) is 18.8 Å². The van der Waals surface area contributed by atoms with E-state index < -0.39 is 0 Å². The van der Waals surface area contributed by atoms with Crippen molar-refractivity contribution in [3.63, 3.8) is 0 Å². The first kappa shape index (κ1) is 25.5. The lowest BCUT2D eigenvalue weighted by molar-refractivity contribution is -0.121. The number of halogens is 1. The van der Waals surface area contributed by atoms with Crippen LogP contribution in [0.1, 0.15) is 35.1 Å². The zero-order valence-corrected chi connectivity index (χ0v) is 22.0. The molecule has 36 heavy (non-hydrogen) atoms. The first-order valence-corrected chi connectivity index (χ1v) is 12.7. The molecule has 0 aliphatic carbocycles. The number of methoxy groups -OCH3 is 1. The summed E-state index contributed by atoms with van der Waals surface area (Å²) < 4.78 is 12.4. The van der Waals surface area contributed by atoms with Crippen LogP contribution in [0.4, 0.5) is 0 Å². The van der Waals surface area contributed by atoms with Gasteiger partial charge in [-0.3, -0.25) is 4.79 Å². The van der Waals surface area contributed by atoms with Crippen molar-refractivity contribution in [2.45, 2.75) is 32.8 Å². The SMILES string of the molecule is COc1ccc(CCCC(=O)N/N=C\c2c(OCc3ccc(Br)cc3)ccc3ccccc23)c(C)c1. The second-order valence-electron chi connectivity index (χ2n) is 8.55. The van der Waals surface area contributed by atoms with Crippen molar-refractivity contribution in [3.05, 3.63) is 106 Å². The van der Waals surface area contributed by atoms with Crippen LogP contribution in [0.2, 0.25) is 0 Å². The maximum atomic E-state index is 12.4. The number of rotatable bonds is 10. The number of nitrogens with zero attached hydrogens (tertiary/aromatic N) is 1. The van der Waals surface area contributed by atoms with Crippen molar-refractivity contribution in [1.29, 1.82) is 0 Å². The molecule has 0 aliphatic heterocycles. The number of aryl methyl sites for hydroxylation is 2. The molecule has 4 rings (SSSR count). The molecule has 0 heterocycles. The van der Waals surface area contributed by atoms with Crippen LogP contribution in [0.25, 0.3) is 10.8 Å². The Hall–Kier alpha value is -3.64. The van der Waals surface area contributed by atoms with Crippen molar-refractivity contribution in [1.82, 2.24) is 5.43 Å². The highest BCUT2D eigenvalue weighted by Gasteiger charge is 2.09. The van der Waals surface area contributed by atoms with Gasteiger partial charge in [0.15, 0.2) is 0 Å². The van der Waals surface area contributed by atoms with Gasteiger partial charge in [0.05, 0.1) is 13.3 Å². The van der Waals surface area contributed by atoms with Crippen molar-refractivity contribution in [3.8, 4) is 11.5 Å². The number of benzene rings is 4. The Bertz CT molecular complexity index is 1370. The molecular formula is C30H29BrN2O3. The number of carbonyl (C=O) groups is 1. The minimum atomic E-state index is -0.116. The maximum Gasteiger partial charge on any atom is 0.240 e. The highest BCUT2D eigenvalue weighted by molar-refractivity contribution is 9.10. The lowest BCUT2D eigenvalue weighted by atomic mass is 10.0. The molecule has 0 aliphatic rings. The zero-order valence-electron chi connectivity index (χ0n) is 20.5. The van der Waals surface area contributed by atoms with Crippen molar-refractivity contribution < 1.29 is 14.3 Å². The van der Waals surface area contributed by atoms with Crippen molar-refractivity contribution in [2.24, 2.45) is 5.10 Å². The molecule has 6 heteroatoms. The van der Waals surface area contributed by atoms with Gasteiger partial charge in [0.1, 0.15) is 18.1 Å². The van der Waals surface area contributed by atoms with E-state index in [9.17, 15) is 4.79 Å². The number of nitrogens with one attached hydrogen (secondary N) is 1. The molecule has 4 aromatic carbocycles. The molecule has 0 unspecified atom stereocenters. The minimum Gasteiger partial charge on any atom is -0.497 e. The summed E-state index contributed by atoms with van der Waals surface area (Å²) in [5.74, 6) is 1.44. The molecule has 0 spiro atoms. The van der Waals surface area contributed by atoms with Crippen molar-refractivity contribution >= 4 is 38.8 Å². The largest absolute Gasteiger partial charge is 0.497 e. The Morgan fingerprint density at radius 2 is 1.83 bits per heavy atom. The fourth-order valence-corrected chi connectivity index (χ4v) is 4.28. The minimum absolute atomic E-state index is 0.116. The summed E-state index contributed by atoms with van der Waals surface area (Å²) in [7, 11) is 1.66. The lowest BCUT2D eigenvalue weighted by Crippen LogP contribution is -2.17. The molecule has 0 bridgehead atoms. The topological polar surface area (TPSA) is 59.9 Å². The first-order valence-electron chi connectivity index (χ1n) is 11.9. The first-order chi connectivity index (χ1) is 17.5. The third-order valence-electron chi connectivity index (χ3n) is 6.02. The Labute approximate surface area is 220 Å². The van der Waals surface area contributed by atoms with Crippen LogP contribution >= 0.6 is 15.9 Å². The quantitative estimate of drug-likeness (QED) is 0.173. The van der Waals surface area contributed by atoms with Gasteiger partial charge < -0.3 is 9.47 Å². The van der Waals surface area contributed by atoms with Crippen LogP contribution in [-0.2, 0) is 17.8 Å². The summed E-state index contributed by atoms with van der Waals surface area (Å²) in [5.41, 5.74) is 6.95. The number of hydrogen-bond donors (Lipinski definition) is 1. The monoisotopic (exact) mass is 544 g/mol.